The summed E-state index contributed by atoms with van der Waals surface area (Å²) >= 11 is 0. The van der Waals surface area contributed by atoms with Gasteiger partial charge in [-0.2, -0.15) is 0 Å². The van der Waals surface area contributed by atoms with Gasteiger partial charge in [0.05, 0.1) is 12.5 Å². The van der Waals surface area contributed by atoms with Crippen LogP contribution in [-0.4, -0.2) is 69.8 Å². The zero-order valence-electron chi connectivity index (χ0n) is 9.81. The van der Waals surface area contributed by atoms with Crippen molar-refractivity contribution in [1.29, 1.82) is 0 Å². The van der Waals surface area contributed by atoms with Crippen LogP contribution < -0.4 is 5.32 Å². The number of nitrogens with zero attached hydrogens (tertiary/aromatic N) is 1. The summed E-state index contributed by atoms with van der Waals surface area (Å²) in [6, 6.07) is -0.673. The zero-order chi connectivity index (χ0) is 13.4. The van der Waals surface area contributed by atoms with Gasteiger partial charge in [-0.1, -0.05) is 6.92 Å². The number of ether oxygens (including phenoxy) is 1. The van der Waals surface area contributed by atoms with Crippen molar-refractivity contribution >= 4 is 11.9 Å². The van der Waals surface area contributed by atoms with Gasteiger partial charge in [0.1, 0.15) is 18.3 Å². The van der Waals surface area contributed by atoms with Crippen LogP contribution in [0.2, 0.25) is 0 Å². The molecule has 2 heterocycles. The lowest BCUT2D eigenvalue weighted by molar-refractivity contribution is -0.130. The molecule has 3 amide bonds. The van der Waals surface area contributed by atoms with Crippen LogP contribution in [0.1, 0.15) is 6.92 Å². The highest BCUT2D eigenvalue weighted by molar-refractivity contribution is 5.97. The third-order valence-corrected chi connectivity index (χ3v) is 3.23. The van der Waals surface area contributed by atoms with Crippen molar-refractivity contribution in [3.8, 4) is 0 Å². The van der Waals surface area contributed by atoms with Crippen LogP contribution in [0.25, 0.3) is 0 Å². The Balaban J connectivity index is 2.12. The molecule has 2 aliphatic rings. The van der Waals surface area contributed by atoms with Gasteiger partial charge in [-0.05, 0) is 0 Å². The number of rotatable bonds is 2. The SMILES string of the molecule is CC1CN([C@@H]2O[C@H](CO)[C@H](O)[C@@H]2O)C(=O)NC1=O. The molecule has 0 aromatic rings. The fraction of sp³-hybridized carbons (Fsp3) is 0.800. The van der Waals surface area contributed by atoms with E-state index in [-0.39, 0.29) is 12.5 Å². The van der Waals surface area contributed by atoms with Gasteiger partial charge in [0, 0.05) is 6.54 Å². The topological polar surface area (TPSA) is 119 Å². The Morgan fingerprint density at radius 3 is 2.61 bits per heavy atom. The molecule has 2 aliphatic heterocycles. The van der Waals surface area contributed by atoms with Crippen LogP contribution in [0.4, 0.5) is 4.79 Å². The molecule has 0 aromatic heterocycles. The maximum atomic E-state index is 11.6. The number of nitrogens with one attached hydrogen (secondary N) is 1. The number of hydrogen-bond acceptors (Lipinski definition) is 6. The third-order valence-electron chi connectivity index (χ3n) is 3.23. The van der Waals surface area contributed by atoms with Crippen LogP contribution in [0.15, 0.2) is 0 Å². The van der Waals surface area contributed by atoms with Crippen molar-refractivity contribution in [3.63, 3.8) is 0 Å². The Bertz CT molecular complexity index is 362. The minimum absolute atomic E-state index is 0.0945. The van der Waals surface area contributed by atoms with Crippen LogP contribution in [0.5, 0.6) is 0 Å². The van der Waals surface area contributed by atoms with Gasteiger partial charge in [0.2, 0.25) is 5.91 Å². The molecule has 4 N–H and O–H groups in total. The number of imide groups is 1. The molecule has 2 rings (SSSR count). The first-order chi connectivity index (χ1) is 8.45. The molecule has 8 heteroatoms. The predicted molar refractivity (Wildman–Crippen MR) is 57.2 cm³/mol. The molecule has 0 radical (unpaired) electrons. The Kier molecular flexibility index (Phi) is 3.53. The highest BCUT2D eigenvalue weighted by Crippen LogP contribution is 2.25. The van der Waals surface area contributed by atoms with Crippen molar-refractivity contribution in [1.82, 2.24) is 10.2 Å². The van der Waals surface area contributed by atoms with Gasteiger partial charge in [-0.3, -0.25) is 15.0 Å². The average Bonchev–Trinajstić information content (AvgIpc) is 2.61. The highest BCUT2D eigenvalue weighted by atomic mass is 16.6. The van der Waals surface area contributed by atoms with Crippen molar-refractivity contribution in [2.75, 3.05) is 13.2 Å². The molecule has 0 aromatic carbocycles. The number of aliphatic hydroxyl groups is 3. The third kappa shape index (κ3) is 2.07. The molecule has 5 atom stereocenters. The summed E-state index contributed by atoms with van der Waals surface area (Å²) < 4.78 is 5.23. The van der Waals surface area contributed by atoms with E-state index in [4.69, 9.17) is 9.84 Å². The van der Waals surface area contributed by atoms with Crippen LogP contribution >= 0.6 is 0 Å². The fourth-order valence-corrected chi connectivity index (χ4v) is 2.12. The minimum atomic E-state index is -1.31. The van der Waals surface area contributed by atoms with Crippen molar-refractivity contribution in [2.24, 2.45) is 5.92 Å². The Labute approximate surface area is 103 Å². The standard InChI is InChI=1S/C10H16N2O6/c1-4-2-12(10(17)11-8(4)16)9-7(15)6(14)5(3-13)18-9/h4-7,9,13-15H,2-3H2,1H3,(H,11,16,17)/t4?,5-,6+,7+,9-/m1/s1. The number of hydrogen-bond donors (Lipinski definition) is 4. The molecule has 2 saturated heterocycles. The molecule has 8 nitrogen and oxygen atoms in total. The molecule has 102 valence electrons. The van der Waals surface area contributed by atoms with E-state index in [1.54, 1.807) is 6.92 Å². The Hall–Kier alpha value is -1.22. The van der Waals surface area contributed by atoms with Crippen molar-refractivity contribution in [2.45, 2.75) is 31.5 Å². The summed E-state index contributed by atoms with van der Waals surface area (Å²) in [7, 11) is 0. The van der Waals surface area contributed by atoms with E-state index in [9.17, 15) is 19.8 Å². The van der Waals surface area contributed by atoms with E-state index < -0.39 is 43.1 Å². The highest BCUT2D eigenvalue weighted by Gasteiger charge is 2.48. The summed E-state index contributed by atoms with van der Waals surface area (Å²) in [6.07, 6.45) is -4.58. The Morgan fingerprint density at radius 2 is 2.06 bits per heavy atom. The molecule has 0 bridgehead atoms. The summed E-state index contributed by atoms with van der Waals surface area (Å²) in [4.78, 5) is 24.1. The first-order valence-electron chi connectivity index (χ1n) is 5.69. The smallest absolute Gasteiger partial charge is 0.326 e. The van der Waals surface area contributed by atoms with Gasteiger partial charge >= 0.3 is 6.03 Å². The quantitative estimate of drug-likeness (QED) is 0.440. The molecule has 0 saturated carbocycles. The first-order valence-corrected chi connectivity index (χ1v) is 5.69. The van der Waals surface area contributed by atoms with Gasteiger partial charge < -0.3 is 20.1 Å². The lowest BCUT2D eigenvalue weighted by Crippen LogP contribution is -2.59. The Morgan fingerprint density at radius 1 is 1.39 bits per heavy atom. The first kappa shape index (κ1) is 13.2. The second-order valence-corrected chi connectivity index (χ2v) is 4.58. The van der Waals surface area contributed by atoms with E-state index in [0.29, 0.717) is 0 Å². The van der Waals surface area contributed by atoms with Gasteiger partial charge in [0.25, 0.3) is 0 Å². The van der Waals surface area contributed by atoms with Gasteiger partial charge in [-0.25, -0.2) is 4.79 Å². The van der Waals surface area contributed by atoms with Gasteiger partial charge in [-0.15, -0.1) is 0 Å². The molecular weight excluding hydrogens is 244 g/mol. The maximum absolute atomic E-state index is 11.6. The predicted octanol–water partition coefficient (Wildman–Crippen LogP) is -2.39. The second-order valence-electron chi connectivity index (χ2n) is 4.58. The largest absolute Gasteiger partial charge is 0.394 e. The number of urea groups is 1. The molecule has 0 spiro atoms. The summed E-state index contributed by atoms with van der Waals surface area (Å²) in [6.45, 7) is 1.27. The molecule has 0 aliphatic carbocycles. The zero-order valence-corrected chi connectivity index (χ0v) is 9.81. The molecule has 2 fully saturated rings. The number of carbonyl (C=O) groups excluding carboxylic acids is 2. The van der Waals surface area contributed by atoms with Crippen molar-refractivity contribution in [3.05, 3.63) is 0 Å². The monoisotopic (exact) mass is 260 g/mol. The lowest BCUT2D eigenvalue weighted by atomic mass is 10.1. The average molecular weight is 260 g/mol. The number of aliphatic hydroxyl groups excluding tert-OH is 3. The van der Waals surface area contributed by atoms with E-state index in [2.05, 4.69) is 5.32 Å². The normalized spacial score (nSPS) is 41.1. The fourth-order valence-electron chi connectivity index (χ4n) is 2.12. The molecular formula is C10H16N2O6. The second kappa shape index (κ2) is 4.81. The van der Waals surface area contributed by atoms with Gasteiger partial charge in [0.15, 0.2) is 6.23 Å². The van der Waals surface area contributed by atoms with E-state index >= 15 is 0 Å². The van der Waals surface area contributed by atoms with Crippen LogP contribution in [0, 0.1) is 5.92 Å². The van der Waals surface area contributed by atoms with E-state index in [0.717, 1.165) is 4.90 Å². The lowest BCUT2D eigenvalue weighted by Gasteiger charge is -2.35. The number of carbonyl (C=O) groups is 2. The minimum Gasteiger partial charge on any atom is -0.394 e. The summed E-state index contributed by atoms with van der Waals surface area (Å²) in [5.74, 6) is -0.813. The van der Waals surface area contributed by atoms with E-state index in [1.165, 1.54) is 0 Å². The molecule has 18 heavy (non-hydrogen) atoms. The summed E-state index contributed by atoms with van der Waals surface area (Å²) in [5, 5.41) is 30.5. The number of amides is 3. The van der Waals surface area contributed by atoms with Crippen molar-refractivity contribution < 1.29 is 29.6 Å². The van der Waals surface area contributed by atoms with Crippen LogP contribution in [0.3, 0.4) is 0 Å². The summed E-state index contributed by atoms with van der Waals surface area (Å²) in [5.41, 5.74) is 0. The molecule has 1 unspecified atom stereocenters. The van der Waals surface area contributed by atoms with Crippen LogP contribution in [-0.2, 0) is 9.53 Å². The van der Waals surface area contributed by atoms with E-state index in [1.807, 2.05) is 0 Å². The maximum Gasteiger partial charge on any atom is 0.326 e.